The molecule has 0 fully saturated rings. The molecular formula is C19H22ClN3O. The maximum atomic E-state index is 12.3. The molecule has 2 rings (SSSR count). The first-order valence-electron chi connectivity index (χ1n) is 7.69. The predicted octanol–water partition coefficient (Wildman–Crippen LogP) is 4.70. The molecule has 0 heterocycles. The molecule has 0 saturated carbocycles. The summed E-state index contributed by atoms with van der Waals surface area (Å²) in [4.78, 5) is 16.6. The minimum Gasteiger partial charge on any atom is -0.399 e. The number of nitrogen functional groups attached to an aromatic ring is 1. The number of carbonyl (C=O) groups excluding carboxylic acids is 1. The molecule has 2 aromatic rings. The summed E-state index contributed by atoms with van der Waals surface area (Å²) in [6.45, 7) is 8.12. The number of hydrogen-bond acceptors (Lipinski definition) is 3. The van der Waals surface area contributed by atoms with Crippen molar-refractivity contribution in [1.29, 1.82) is 0 Å². The van der Waals surface area contributed by atoms with Crippen LogP contribution >= 0.6 is 11.6 Å². The molecule has 0 aliphatic rings. The second-order valence-electron chi connectivity index (χ2n) is 6.69. The van der Waals surface area contributed by atoms with Crippen LogP contribution in [-0.2, 0) is 5.41 Å². The average Bonchev–Trinajstić information content (AvgIpc) is 2.49. The Hall–Kier alpha value is -2.33. The quantitative estimate of drug-likeness (QED) is 0.471. The molecule has 0 saturated heterocycles. The standard InChI is InChI=1S/C19H22ClN3O/c1-12(22-17-10-9-15(21)11-16(17)20)23-18(24)13-5-7-14(8-6-13)19(2,3)4/h5-11H,21H2,1-4H3,(H,22,23,24). The fourth-order valence-corrected chi connectivity index (χ4v) is 2.41. The van der Waals surface area contributed by atoms with Gasteiger partial charge in [-0.15, -0.1) is 0 Å². The zero-order valence-corrected chi connectivity index (χ0v) is 15.1. The number of amidine groups is 1. The van der Waals surface area contributed by atoms with E-state index in [2.05, 4.69) is 31.1 Å². The molecule has 2 aromatic carbocycles. The molecule has 126 valence electrons. The molecule has 0 radical (unpaired) electrons. The van der Waals surface area contributed by atoms with E-state index >= 15 is 0 Å². The van der Waals surface area contributed by atoms with Gasteiger partial charge in [-0.2, -0.15) is 0 Å². The van der Waals surface area contributed by atoms with Gasteiger partial charge in [0.25, 0.3) is 5.91 Å². The molecule has 1 amide bonds. The Balaban J connectivity index is 2.12. The summed E-state index contributed by atoms with van der Waals surface area (Å²) in [6.07, 6.45) is 0. The van der Waals surface area contributed by atoms with Crippen LogP contribution in [0.3, 0.4) is 0 Å². The highest BCUT2D eigenvalue weighted by atomic mass is 35.5. The lowest BCUT2D eigenvalue weighted by Gasteiger charge is -2.19. The first-order chi connectivity index (χ1) is 11.2. The summed E-state index contributed by atoms with van der Waals surface area (Å²) in [5.41, 5.74) is 8.60. The molecule has 0 bridgehead atoms. The number of nitrogens with one attached hydrogen (secondary N) is 1. The molecule has 0 aromatic heterocycles. The highest BCUT2D eigenvalue weighted by Gasteiger charge is 2.14. The predicted molar refractivity (Wildman–Crippen MR) is 101 cm³/mol. The molecule has 0 aliphatic carbocycles. The van der Waals surface area contributed by atoms with E-state index in [1.54, 1.807) is 25.1 Å². The molecule has 0 spiro atoms. The van der Waals surface area contributed by atoms with Gasteiger partial charge in [0.1, 0.15) is 5.84 Å². The third-order valence-corrected chi connectivity index (χ3v) is 3.87. The summed E-state index contributed by atoms with van der Waals surface area (Å²) in [7, 11) is 0. The van der Waals surface area contributed by atoms with E-state index in [4.69, 9.17) is 17.3 Å². The third kappa shape index (κ3) is 4.59. The molecule has 0 atom stereocenters. The van der Waals surface area contributed by atoms with Gasteiger partial charge in [0.2, 0.25) is 0 Å². The van der Waals surface area contributed by atoms with Gasteiger partial charge in [0.15, 0.2) is 0 Å². The van der Waals surface area contributed by atoms with E-state index in [-0.39, 0.29) is 11.3 Å². The van der Waals surface area contributed by atoms with E-state index in [9.17, 15) is 4.79 Å². The first kappa shape index (κ1) is 18.0. The Kier molecular flexibility index (Phi) is 5.30. The number of aliphatic imine (C=N–C) groups is 1. The number of hydrogen-bond donors (Lipinski definition) is 2. The lowest BCUT2D eigenvalue weighted by Crippen LogP contribution is -2.28. The summed E-state index contributed by atoms with van der Waals surface area (Å²) in [6, 6.07) is 12.6. The van der Waals surface area contributed by atoms with Crippen LogP contribution in [0.1, 0.15) is 43.6 Å². The fourth-order valence-electron chi connectivity index (χ4n) is 2.18. The van der Waals surface area contributed by atoms with Gasteiger partial charge < -0.3 is 11.1 Å². The van der Waals surface area contributed by atoms with Crippen molar-refractivity contribution in [2.45, 2.75) is 33.1 Å². The highest BCUT2D eigenvalue weighted by molar-refractivity contribution is 6.33. The molecule has 0 aliphatic heterocycles. The van der Waals surface area contributed by atoms with Gasteiger partial charge >= 0.3 is 0 Å². The summed E-state index contributed by atoms with van der Waals surface area (Å²) in [5, 5.41) is 3.21. The highest BCUT2D eigenvalue weighted by Crippen LogP contribution is 2.27. The van der Waals surface area contributed by atoms with E-state index in [1.807, 2.05) is 24.3 Å². The average molecular weight is 344 g/mol. The van der Waals surface area contributed by atoms with Crippen LogP contribution in [-0.4, -0.2) is 11.7 Å². The van der Waals surface area contributed by atoms with Crippen LogP contribution in [0.5, 0.6) is 0 Å². The van der Waals surface area contributed by atoms with E-state index in [0.717, 1.165) is 0 Å². The number of rotatable bonds is 2. The van der Waals surface area contributed by atoms with Crippen molar-refractivity contribution in [3.63, 3.8) is 0 Å². The Bertz CT molecular complexity index is 774. The number of amides is 1. The number of carbonyl (C=O) groups is 1. The molecule has 24 heavy (non-hydrogen) atoms. The van der Waals surface area contributed by atoms with Gasteiger partial charge in [-0.05, 0) is 48.2 Å². The van der Waals surface area contributed by atoms with Crippen LogP contribution in [0.2, 0.25) is 5.02 Å². The van der Waals surface area contributed by atoms with Crippen LogP contribution in [0.25, 0.3) is 0 Å². The Morgan fingerprint density at radius 2 is 1.75 bits per heavy atom. The molecule has 4 nitrogen and oxygen atoms in total. The molecule has 3 N–H and O–H groups in total. The van der Waals surface area contributed by atoms with E-state index < -0.39 is 0 Å². The zero-order chi connectivity index (χ0) is 17.9. The summed E-state index contributed by atoms with van der Waals surface area (Å²) < 4.78 is 0. The van der Waals surface area contributed by atoms with Gasteiger partial charge in [-0.25, -0.2) is 4.99 Å². The van der Waals surface area contributed by atoms with Gasteiger partial charge in [-0.1, -0.05) is 44.5 Å². The second-order valence-corrected chi connectivity index (χ2v) is 7.10. The third-order valence-electron chi connectivity index (χ3n) is 3.57. The minimum absolute atomic E-state index is 0.0539. The maximum absolute atomic E-state index is 12.3. The maximum Gasteiger partial charge on any atom is 0.256 e. The smallest absolute Gasteiger partial charge is 0.256 e. The Morgan fingerprint density at radius 1 is 1.12 bits per heavy atom. The number of benzene rings is 2. The van der Waals surface area contributed by atoms with Crippen LogP contribution < -0.4 is 11.1 Å². The molecular weight excluding hydrogens is 322 g/mol. The van der Waals surface area contributed by atoms with Crippen molar-refractivity contribution >= 4 is 34.7 Å². The Labute approximate surface area is 147 Å². The van der Waals surface area contributed by atoms with Crippen molar-refractivity contribution in [3.8, 4) is 0 Å². The lowest BCUT2D eigenvalue weighted by molar-refractivity contribution is 0.0977. The lowest BCUT2D eigenvalue weighted by atomic mass is 9.87. The zero-order valence-electron chi connectivity index (χ0n) is 14.4. The summed E-state index contributed by atoms with van der Waals surface area (Å²) >= 11 is 6.09. The van der Waals surface area contributed by atoms with Crippen molar-refractivity contribution in [3.05, 3.63) is 58.6 Å². The van der Waals surface area contributed by atoms with E-state index in [1.165, 1.54) is 5.56 Å². The topological polar surface area (TPSA) is 67.5 Å². The van der Waals surface area contributed by atoms with Gasteiger partial charge in [-0.3, -0.25) is 4.79 Å². The van der Waals surface area contributed by atoms with Crippen molar-refractivity contribution < 1.29 is 4.79 Å². The minimum atomic E-state index is -0.205. The van der Waals surface area contributed by atoms with Crippen LogP contribution in [0, 0.1) is 0 Å². The van der Waals surface area contributed by atoms with Crippen molar-refractivity contribution in [2.75, 3.05) is 5.73 Å². The largest absolute Gasteiger partial charge is 0.399 e. The fraction of sp³-hybridized carbons (Fsp3) is 0.263. The monoisotopic (exact) mass is 343 g/mol. The normalized spacial score (nSPS) is 12.1. The van der Waals surface area contributed by atoms with Gasteiger partial charge in [0, 0.05) is 11.3 Å². The number of halogens is 1. The SMILES string of the molecule is CC(=Nc1ccc(N)cc1Cl)NC(=O)c1ccc(C(C)(C)C)cc1. The van der Waals surface area contributed by atoms with Crippen LogP contribution in [0.15, 0.2) is 47.5 Å². The summed E-state index contributed by atoms with van der Waals surface area (Å²) in [5.74, 6) is 0.259. The van der Waals surface area contributed by atoms with Crippen LogP contribution in [0.4, 0.5) is 11.4 Å². The number of anilines is 1. The number of nitrogens with two attached hydrogens (primary N) is 1. The number of nitrogens with zero attached hydrogens (tertiary/aromatic N) is 1. The van der Waals surface area contributed by atoms with Crippen molar-refractivity contribution in [1.82, 2.24) is 5.32 Å². The van der Waals surface area contributed by atoms with Crippen molar-refractivity contribution in [2.24, 2.45) is 4.99 Å². The first-order valence-corrected chi connectivity index (χ1v) is 8.07. The van der Waals surface area contributed by atoms with Gasteiger partial charge in [0.05, 0.1) is 10.7 Å². The second kappa shape index (κ2) is 7.05. The van der Waals surface area contributed by atoms with E-state index in [0.29, 0.717) is 27.8 Å². The molecule has 5 heteroatoms. The Morgan fingerprint density at radius 3 is 2.29 bits per heavy atom. The molecule has 0 unspecified atom stereocenters.